The van der Waals surface area contributed by atoms with Crippen LogP contribution >= 0.6 is 38.9 Å². The first-order valence-corrected chi connectivity index (χ1v) is 10.4. The monoisotopic (exact) mass is 454 g/mol. The average molecular weight is 456 g/mol. The van der Waals surface area contributed by atoms with Crippen LogP contribution in [0.25, 0.3) is 10.2 Å². The van der Waals surface area contributed by atoms with Crippen molar-refractivity contribution in [2.24, 2.45) is 5.73 Å². The Kier molecular flexibility index (Phi) is 7.22. The van der Waals surface area contributed by atoms with Crippen molar-refractivity contribution < 1.29 is 4.74 Å². The lowest BCUT2D eigenvalue weighted by atomic mass is 10.1. The number of rotatable bonds is 3. The molecule has 3 N–H and O–H groups in total. The topological polar surface area (TPSA) is 73.1 Å². The summed E-state index contributed by atoms with van der Waals surface area (Å²) < 4.78 is 7.13. The Morgan fingerprint density at radius 2 is 2.19 bits per heavy atom. The van der Waals surface area contributed by atoms with E-state index in [9.17, 15) is 0 Å². The van der Waals surface area contributed by atoms with Gasteiger partial charge >= 0.3 is 0 Å². The maximum absolute atomic E-state index is 6.06. The van der Waals surface area contributed by atoms with Gasteiger partial charge in [-0.15, -0.1) is 11.3 Å². The van der Waals surface area contributed by atoms with Gasteiger partial charge in [-0.3, -0.25) is 4.98 Å². The van der Waals surface area contributed by atoms with Crippen molar-refractivity contribution in [1.82, 2.24) is 9.97 Å². The van der Waals surface area contributed by atoms with Crippen molar-refractivity contribution in [3.63, 3.8) is 0 Å². The quantitative estimate of drug-likeness (QED) is 0.553. The maximum atomic E-state index is 6.06. The number of nitrogens with one attached hydrogen (secondary N) is 1. The van der Waals surface area contributed by atoms with Crippen molar-refractivity contribution in [2.45, 2.75) is 25.4 Å². The number of halogens is 2. The second kappa shape index (κ2) is 9.62. The number of thiophene rings is 1. The summed E-state index contributed by atoms with van der Waals surface area (Å²) in [6, 6.07) is 6.14. The van der Waals surface area contributed by atoms with E-state index in [-0.39, 0.29) is 0 Å². The average Bonchev–Trinajstić information content (AvgIpc) is 3.03. The number of aromatic nitrogens is 2. The van der Waals surface area contributed by atoms with E-state index in [2.05, 4.69) is 31.2 Å². The highest BCUT2D eigenvalue weighted by Crippen LogP contribution is 2.35. The lowest BCUT2D eigenvalue weighted by Gasteiger charge is -2.16. The summed E-state index contributed by atoms with van der Waals surface area (Å²) >= 11 is 11.2. The fourth-order valence-electron chi connectivity index (χ4n) is 2.54. The molecule has 1 aliphatic rings. The lowest BCUT2D eigenvalue weighted by molar-refractivity contribution is 0.0822. The Morgan fingerprint density at radius 3 is 2.85 bits per heavy atom. The minimum Gasteiger partial charge on any atom is -0.380 e. The van der Waals surface area contributed by atoms with Crippen LogP contribution in [-0.4, -0.2) is 29.2 Å². The molecule has 0 saturated carbocycles. The zero-order valence-electron chi connectivity index (χ0n) is 14.1. The second-order valence-corrected chi connectivity index (χ2v) is 8.06. The van der Waals surface area contributed by atoms with E-state index in [0.29, 0.717) is 11.2 Å². The van der Waals surface area contributed by atoms with Gasteiger partial charge in [-0.1, -0.05) is 11.6 Å². The highest BCUT2D eigenvalue weighted by molar-refractivity contribution is 9.10. The van der Waals surface area contributed by atoms with Gasteiger partial charge in [0.25, 0.3) is 0 Å². The van der Waals surface area contributed by atoms with Gasteiger partial charge in [0.1, 0.15) is 5.15 Å². The Morgan fingerprint density at radius 1 is 1.38 bits per heavy atom. The van der Waals surface area contributed by atoms with Gasteiger partial charge in [-0.05, 0) is 46.5 Å². The number of hydrogen-bond donors (Lipinski definition) is 2. The molecule has 4 heterocycles. The van der Waals surface area contributed by atoms with Crippen LogP contribution in [-0.2, 0) is 11.3 Å². The third-order valence-electron chi connectivity index (χ3n) is 3.88. The van der Waals surface area contributed by atoms with Crippen LogP contribution in [0.15, 0.2) is 40.4 Å². The minimum absolute atomic E-state index is 0.314. The summed E-state index contributed by atoms with van der Waals surface area (Å²) in [7, 11) is 0. The molecule has 1 saturated heterocycles. The molecule has 1 aliphatic heterocycles. The molecule has 0 bridgehead atoms. The van der Waals surface area contributed by atoms with Crippen LogP contribution in [0.2, 0.25) is 5.15 Å². The van der Waals surface area contributed by atoms with E-state index < -0.39 is 0 Å². The summed E-state index contributed by atoms with van der Waals surface area (Å²) in [6.07, 6.45) is 5.85. The number of hydrogen-bond acceptors (Lipinski definition) is 6. The first-order valence-electron chi connectivity index (χ1n) is 8.33. The van der Waals surface area contributed by atoms with E-state index in [1.54, 1.807) is 23.7 Å². The number of ether oxygens (including phenoxy) is 1. The van der Waals surface area contributed by atoms with Gasteiger partial charge in [-0.2, -0.15) is 0 Å². The predicted octanol–water partition coefficient (Wildman–Crippen LogP) is 4.84. The number of nitrogens with zero attached hydrogens (tertiary/aromatic N) is 2. The minimum atomic E-state index is 0.314. The Hall–Kier alpha value is -1.25. The fourth-order valence-corrected chi connectivity index (χ4v) is 4.29. The molecule has 0 aromatic carbocycles. The second-order valence-electron chi connectivity index (χ2n) is 5.94. The van der Waals surface area contributed by atoms with Crippen LogP contribution in [0.5, 0.6) is 0 Å². The normalized spacial score (nSPS) is 16.8. The highest BCUT2D eigenvalue weighted by atomic mass is 79.9. The molecule has 0 amide bonds. The summed E-state index contributed by atoms with van der Waals surface area (Å²) in [5.74, 6) is 0. The van der Waals surface area contributed by atoms with Gasteiger partial charge in [0.2, 0.25) is 0 Å². The molecule has 0 radical (unpaired) electrons. The van der Waals surface area contributed by atoms with Gasteiger partial charge < -0.3 is 15.8 Å². The molecule has 8 heteroatoms. The molecule has 138 valence electrons. The van der Waals surface area contributed by atoms with E-state index in [4.69, 9.17) is 22.1 Å². The SMILES string of the molecule is Clc1cc(NCc2ccncc2)c2scc(Br)c2n1.NC1CCCOC1. The molecule has 1 unspecified atom stereocenters. The molecular formula is C18H20BrClN4OS. The first-order chi connectivity index (χ1) is 12.6. The van der Waals surface area contributed by atoms with E-state index in [1.807, 2.05) is 23.6 Å². The highest BCUT2D eigenvalue weighted by Gasteiger charge is 2.10. The van der Waals surface area contributed by atoms with Crippen molar-refractivity contribution in [3.8, 4) is 0 Å². The Labute approximate surface area is 170 Å². The molecule has 0 spiro atoms. The lowest BCUT2D eigenvalue weighted by Crippen LogP contribution is -2.30. The zero-order chi connectivity index (χ0) is 18.4. The molecular weight excluding hydrogens is 436 g/mol. The number of anilines is 1. The van der Waals surface area contributed by atoms with Crippen molar-refractivity contribution in [2.75, 3.05) is 18.5 Å². The van der Waals surface area contributed by atoms with Crippen LogP contribution in [0.3, 0.4) is 0 Å². The Bertz CT molecular complexity index is 840. The van der Waals surface area contributed by atoms with Crippen LogP contribution in [0.4, 0.5) is 5.69 Å². The molecule has 1 atom stereocenters. The van der Waals surface area contributed by atoms with Crippen LogP contribution in [0, 0.1) is 0 Å². The third-order valence-corrected chi connectivity index (χ3v) is 5.98. The van der Waals surface area contributed by atoms with Gasteiger partial charge in [0.15, 0.2) is 0 Å². The molecule has 26 heavy (non-hydrogen) atoms. The smallest absolute Gasteiger partial charge is 0.131 e. The summed E-state index contributed by atoms with van der Waals surface area (Å²) in [5, 5.41) is 5.90. The molecule has 5 nitrogen and oxygen atoms in total. The fraction of sp³-hybridized carbons (Fsp3) is 0.333. The number of nitrogens with two attached hydrogens (primary N) is 1. The van der Waals surface area contributed by atoms with Crippen molar-refractivity contribution >= 4 is 54.8 Å². The number of pyridine rings is 2. The van der Waals surface area contributed by atoms with Gasteiger partial charge in [-0.25, -0.2) is 4.98 Å². The van der Waals surface area contributed by atoms with E-state index in [1.165, 1.54) is 5.56 Å². The van der Waals surface area contributed by atoms with Crippen molar-refractivity contribution in [3.05, 3.63) is 51.2 Å². The van der Waals surface area contributed by atoms with Gasteiger partial charge in [0.05, 0.1) is 27.0 Å². The molecule has 3 aromatic heterocycles. The maximum Gasteiger partial charge on any atom is 0.131 e. The van der Waals surface area contributed by atoms with Gasteiger partial charge in [0, 0.05) is 43.0 Å². The molecule has 4 rings (SSSR count). The summed E-state index contributed by atoms with van der Waals surface area (Å²) in [4.78, 5) is 8.33. The van der Waals surface area contributed by atoms with E-state index >= 15 is 0 Å². The van der Waals surface area contributed by atoms with E-state index in [0.717, 1.165) is 53.0 Å². The van der Waals surface area contributed by atoms with Crippen LogP contribution < -0.4 is 11.1 Å². The summed E-state index contributed by atoms with van der Waals surface area (Å²) in [6.45, 7) is 2.40. The summed E-state index contributed by atoms with van der Waals surface area (Å²) in [5.41, 5.74) is 8.58. The standard InChI is InChI=1S/C13H9BrClN3S.C5H11NO/c14-9-7-19-13-10(5-11(15)18-12(9)13)17-6-8-1-3-16-4-2-8;6-5-2-1-3-7-4-5/h1-5,7H,6H2,(H,17,18);5H,1-4,6H2. The van der Waals surface area contributed by atoms with Crippen LogP contribution in [0.1, 0.15) is 18.4 Å². The first kappa shape index (κ1) is 19.5. The largest absolute Gasteiger partial charge is 0.380 e. The molecule has 3 aromatic rings. The number of fused-ring (bicyclic) bond motifs is 1. The zero-order valence-corrected chi connectivity index (χ0v) is 17.3. The molecule has 0 aliphatic carbocycles. The third kappa shape index (κ3) is 5.37. The Balaban J connectivity index is 0.000000236. The van der Waals surface area contributed by atoms with Crippen molar-refractivity contribution in [1.29, 1.82) is 0 Å². The molecule has 1 fully saturated rings. The predicted molar refractivity (Wildman–Crippen MR) is 112 cm³/mol.